The van der Waals surface area contributed by atoms with E-state index >= 15 is 0 Å². The first-order chi connectivity index (χ1) is 14.5. The molecule has 1 N–H and O–H groups in total. The van der Waals surface area contributed by atoms with Crippen LogP contribution in [-0.2, 0) is 11.2 Å². The van der Waals surface area contributed by atoms with Crippen LogP contribution in [0.15, 0.2) is 41.1 Å². The van der Waals surface area contributed by atoms with Crippen molar-refractivity contribution >= 4 is 17.6 Å². The number of benzene rings is 1. The van der Waals surface area contributed by atoms with E-state index in [1.165, 1.54) is 17.0 Å². The van der Waals surface area contributed by atoms with Gasteiger partial charge >= 0.3 is 11.8 Å². The van der Waals surface area contributed by atoms with Crippen molar-refractivity contribution in [2.24, 2.45) is 11.8 Å². The normalized spacial score (nSPS) is 27.7. The molecule has 1 unspecified atom stereocenters. The number of hydrogen-bond donors (Lipinski definition) is 1. The Hall–Kier alpha value is -3.69. The van der Waals surface area contributed by atoms with Gasteiger partial charge in [0.25, 0.3) is 5.91 Å². The molecule has 0 spiro atoms. The first kappa shape index (κ1) is 17.2. The van der Waals surface area contributed by atoms with Crippen LogP contribution in [0.2, 0.25) is 0 Å². The van der Waals surface area contributed by atoms with Gasteiger partial charge in [-0.3, -0.25) is 19.5 Å². The van der Waals surface area contributed by atoms with Gasteiger partial charge < -0.3 is 9.73 Å². The average molecular weight is 406 g/mol. The minimum Gasteiger partial charge on any atom is -0.417 e. The van der Waals surface area contributed by atoms with Gasteiger partial charge in [0.1, 0.15) is 11.4 Å². The molecule has 4 atom stereocenters. The Morgan fingerprint density at radius 3 is 2.70 bits per heavy atom. The maximum atomic E-state index is 13.1. The maximum absolute atomic E-state index is 13.1. The number of carbonyl (C=O) groups is 2. The SMILES string of the molecule is CN1C(=O)[C@]2(NC(=O)c3nnc(Cc4ccc(F)cc4)o3)C3[C@@H](c4nccnc41)[C@H]32. The topological polar surface area (TPSA) is 114 Å². The Morgan fingerprint density at radius 1 is 1.20 bits per heavy atom. The van der Waals surface area contributed by atoms with Crippen molar-refractivity contribution in [1.82, 2.24) is 25.5 Å². The highest BCUT2D eigenvalue weighted by Gasteiger charge is 2.90. The predicted octanol–water partition coefficient (Wildman–Crippen LogP) is 1.08. The van der Waals surface area contributed by atoms with Crippen molar-refractivity contribution in [2.45, 2.75) is 17.9 Å². The predicted molar refractivity (Wildman–Crippen MR) is 98.9 cm³/mol. The molecular formula is C20H15FN6O3. The van der Waals surface area contributed by atoms with Crippen molar-refractivity contribution in [3.05, 3.63) is 65.5 Å². The zero-order valence-corrected chi connectivity index (χ0v) is 15.7. The second kappa shape index (κ2) is 5.68. The summed E-state index contributed by atoms with van der Waals surface area (Å²) in [6, 6.07) is 5.89. The van der Waals surface area contributed by atoms with E-state index in [-0.39, 0.29) is 47.7 Å². The Kier molecular flexibility index (Phi) is 3.26. The quantitative estimate of drug-likeness (QED) is 0.689. The molecule has 2 amide bonds. The number of amides is 2. The van der Waals surface area contributed by atoms with Crippen molar-refractivity contribution in [2.75, 3.05) is 11.9 Å². The van der Waals surface area contributed by atoms with Gasteiger partial charge in [0, 0.05) is 37.2 Å². The van der Waals surface area contributed by atoms with Crippen LogP contribution in [0.4, 0.5) is 10.2 Å². The standard InChI is InChI=1S/C20H15FN6O3/c1-27-16-15(22-6-7-23-16)12-13-14(12)20(13,19(27)29)24-17(28)18-26-25-11(30-18)8-9-2-4-10(21)5-3-9/h2-7,12-14H,8H2,1H3,(H,24,28)/t12-,13+,14?,20+/m0/s1. The lowest BCUT2D eigenvalue weighted by molar-refractivity contribution is -0.122. The summed E-state index contributed by atoms with van der Waals surface area (Å²) in [6.07, 6.45) is 3.43. The summed E-state index contributed by atoms with van der Waals surface area (Å²) in [5.74, 6) is -0.444. The van der Waals surface area contributed by atoms with Crippen LogP contribution in [0.3, 0.4) is 0 Å². The molecule has 1 aromatic carbocycles. The molecule has 9 nitrogen and oxygen atoms in total. The molecule has 0 radical (unpaired) electrons. The Balaban J connectivity index is 1.21. The van der Waals surface area contributed by atoms with Crippen LogP contribution in [0, 0.1) is 17.7 Å². The van der Waals surface area contributed by atoms with Gasteiger partial charge in [0.2, 0.25) is 5.89 Å². The first-order valence-electron chi connectivity index (χ1n) is 9.49. The molecular weight excluding hydrogens is 391 g/mol. The lowest BCUT2D eigenvalue weighted by Crippen LogP contribution is -2.54. The van der Waals surface area contributed by atoms with Gasteiger partial charge in [-0.25, -0.2) is 9.37 Å². The summed E-state index contributed by atoms with van der Waals surface area (Å²) in [5.41, 5.74) is 0.602. The molecule has 30 heavy (non-hydrogen) atoms. The zero-order valence-electron chi connectivity index (χ0n) is 15.7. The third-order valence-electron chi connectivity index (χ3n) is 6.21. The lowest BCUT2D eigenvalue weighted by Gasteiger charge is -2.25. The zero-order chi connectivity index (χ0) is 20.6. The fraction of sp³-hybridized carbons (Fsp3) is 0.300. The summed E-state index contributed by atoms with van der Waals surface area (Å²) < 4.78 is 18.5. The molecule has 2 aliphatic heterocycles. The van der Waals surface area contributed by atoms with Gasteiger partial charge in [-0.1, -0.05) is 12.1 Å². The summed E-state index contributed by atoms with van der Waals surface area (Å²) in [5, 5.41) is 10.5. The van der Waals surface area contributed by atoms with E-state index in [0.717, 1.165) is 11.3 Å². The van der Waals surface area contributed by atoms with Gasteiger partial charge in [0.15, 0.2) is 5.82 Å². The average Bonchev–Trinajstić information content (AvgIpc) is 3.61. The summed E-state index contributed by atoms with van der Waals surface area (Å²) in [4.78, 5) is 35.9. The van der Waals surface area contributed by atoms with Crippen molar-refractivity contribution < 1.29 is 18.4 Å². The van der Waals surface area contributed by atoms with Crippen molar-refractivity contribution in [3.63, 3.8) is 0 Å². The van der Waals surface area contributed by atoms with Crippen LogP contribution in [-0.4, -0.2) is 44.6 Å². The molecule has 2 saturated carbocycles. The molecule has 2 aliphatic carbocycles. The molecule has 10 heteroatoms. The van der Waals surface area contributed by atoms with E-state index in [1.54, 1.807) is 31.6 Å². The number of carbonyl (C=O) groups excluding carboxylic acids is 2. The molecule has 7 rings (SSSR count). The number of halogens is 1. The minimum atomic E-state index is -0.968. The largest absolute Gasteiger partial charge is 0.417 e. The number of nitrogens with one attached hydrogen (secondary N) is 1. The fourth-order valence-corrected chi connectivity index (χ4v) is 4.69. The van der Waals surface area contributed by atoms with Gasteiger partial charge in [-0.2, -0.15) is 0 Å². The number of hydrogen-bond acceptors (Lipinski definition) is 7. The number of nitrogens with zero attached hydrogens (tertiary/aromatic N) is 5. The molecule has 3 aromatic rings. The van der Waals surface area contributed by atoms with E-state index < -0.39 is 11.4 Å². The van der Waals surface area contributed by atoms with Crippen LogP contribution in [0.25, 0.3) is 0 Å². The fourth-order valence-electron chi connectivity index (χ4n) is 4.69. The highest BCUT2D eigenvalue weighted by Crippen LogP contribution is 2.81. The Labute approximate surface area is 169 Å². The second-order valence-electron chi connectivity index (χ2n) is 7.83. The smallest absolute Gasteiger partial charge is 0.309 e. The Bertz CT molecular complexity index is 1200. The van der Waals surface area contributed by atoms with Crippen molar-refractivity contribution in [3.8, 4) is 0 Å². The molecule has 2 fully saturated rings. The molecule has 2 aromatic heterocycles. The monoisotopic (exact) mass is 406 g/mol. The van der Waals surface area contributed by atoms with Gasteiger partial charge in [-0.15, -0.1) is 10.2 Å². The third-order valence-corrected chi connectivity index (χ3v) is 6.21. The molecule has 0 saturated heterocycles. The third kappa shape index (κ3) is 2.21. The summed E-state index contributed by atoms with van der Waals surface area (Å²) >= 11 is 0. The van der Waals surface area contributed by atoms with Crippen molar-refractivity contribution in [1.29, 1.82) is 0 Å². The van der Waals surface area contributed by atoms with Crippen LogP contribution in [0.1, 0.15) is 33.8 Å². The number of anilines is 1. The van der Waals surface area contributed by atoms with E-state index in [1.807, 2.05) is 0 Å². The van der Waals surface area contributed by atoms with E-state index in [9.17, 15) is 14.0 Å². The van der Waals surface area contributed by atoms with E-state index in [2.05, 4.69) is 25.5 Å². The van der Waals surface area contributed by atoms with Crippen LogP contribution in [0.5, 0.6) is 0 Å². The molecule has 150 valence electrons. The van der Waals surface area contributed by atoms with Gasteiger partial charge in [-0.05, 0) is 17.7 Å². The molecule has 4 aliphatic rings. The minimum absolute atomic E-state index is 0.0101. The lowest BCUT2D eigenvalue weighted by atomic mass is 9.95. The first-order valence-corrected chi connectivity index (χ1v) is 9.49. The van der Waals surface area contributed by atoms with Gasteiger partial charge in [0.05, 0.1) is 12.1 Å². The summed E-state index contributed by atoms with van der Waals surface area (Å²) in [7, 11) is 1.64. The van der Waals surface area contributed by atoms with Crippen LogP contribution >= 0.6 is 0 Å². The molecule has 2 bridgehead atoms. The number of fused-ring (bicyclic) bond motifs is 1. The number of rotatable bonds is 4. The number of aromatic nitrogens is 4. The second-order valence-corrected chi connectivity index (χ2v) is 7.83. The Morgan fingerprint density at radius 2 is 1.93 bits per heavy atom. The molecule has 4 heterocycles. The summed E-state index contributed by atoms with van der Waals surface area (Å²) in [6.45, 7) is 0. The van der Waals surface area contributed by atoms with E-state index in [0.29, 0.717) is 5.82 Å². The maximum Gasteiger partial charge on any atom is 0.309 e. The van der Waals surface area contributed by atoms with Crippen LogP contribution < -0.4 is 10.2 Å². The highest BCUT2D eigenvalue weighted by molar-refractivity contribution is 6.10. The number of likely N-dealkylation sites (N-methyl/N-ethyl adjacent to an activating group) is 1. The highest BCUT2D eigenvalue weighted by atomic mass is 19.1. The van der Waals surface area contributed by atoms with E-state index in [4.69, 9.17) is 4.42 Å².